The van der Waals surface area contributed by atoms with Crippen LogP contribution in [0.3, 0.4) is 0 Å². The fourth-order valence-corrected chi connectivity index (χ4v) is 3.23. The Kier molecular flexibility index (Phi) is 5.58. The van der Waals surface area contributed by atoms with E-state index in [-0.39, 0.29) is 0 Å². The van der Waals surface area contributed by atoms with Crippen LogP contribution in [0.4, 0.5) is 5.82 Å². The zero-order valence-electron chi connectivity index (χ0n) is 14.0. The molecular formula is C18H24N4OS. The molecule has 0 unspecified atom stereocenters. The third kappa shape index (κ3) is 3.35. The number of rotatable bonds is 8. The Balaban J connectivity index is 2.11. The zero-order chi connectivity index (χ0) is 16.9. The summed E-state index contributed by atoms with van der Waals surface area (Å²) in [5.74, 6) is 2.33. The summed E-state index contributed by atoms with van der Waals surface area (Å²) in [7, 11) is 0. The summed E-state index contributed by atoms with van der Waals surface area (Å²) in [6.45, 7) is 4.05. The van der Waals surface area contributed by atoms with E-state index >= 15 is 0 Å². The van der Waals surface area contributed by atoms with Gasteiger partial charge in [0.05, 0.1) is 11.0 Å². The molecule has 128 valence electrons. The number of hydrogen-bond donors (Lipinski definition) is 2. The van der Waals surface area contributed by atoms with Crippen molar-refractivity contribution in [3.63, 3.8) is 0 Å². The lowest BCUT2D eigenvalue weighted by atomic mass is 10.2. The summed E-state index contributed by atoms with van der Waals surface area (Å²) in [5, 5.41) is 1.09. The van der Waals surface area contributed by atoms with E-state index in [0.29, 0.717) is 19.0 Å². The summed E-state index contributed by atoms with van der Waals surface area (Å²) >= 11 is 4.29. The van der Waals surface area contributed by atoms with Crippen molar-refractivity contribution in [3.8, 4) is 0 Å². The average molecular weight is 344 g/mol. The molecule has 0 saturated heterocycles. The normalized spacial score (nSPS) is 11.6. The quantitative estimate of drug-likeness (QED) is 0.482. The topological polar surface area (TPSA) is 66.0 Å². The summed E-state index contributed by atoms with van der Waals surface area (Å²) in [6, 6.07) is 8.08. The molecule has 24 heavy (non-hydrogen) atoms. The second-order valence-corrected chi connectivity index (χ2v) is 6.26. The van der Waals surface area contributed by atoms with Gasteiger partial charge in [0.2, 0.25) is 0 Å². The van der Waals surface area contributed by atoms with E-state index in [9.17, 15) is 0 Å². The highest BCUT2D eigenvalue weighted by molar-refractivity contribution is 7.80. The molecule has 2 heterocycles. The maximum atomic E-state index is 6.17. The van der Waals surface area contributed by atoms with Crippen LogP contribution in [0.1, 0.15) is 32.0 Å². The van der Waals surface area contributed by atoms with Gasteiger partial charge in [-0.3, -0.25) is 0 Å². The standard InChI is InChI=1S/C18H24N4OS/c1-2-23-12-15-21-16-17(22(15)10-6-3-7-11-24)13-8-4-5-9-14(13)20-18(16)19/h4-5,8-9,24H,2-3,6-7,10-12H2,1H3,(H2,19,20). The van der Waals surface area contributed by atoms with E-state index in [4.69, 9.17) is 15.5 Å². The number of aromatic nitrogens is 3. The highest BCUT2D eigenvalue weighted by Gasteiger charge is 2.16. The first kappa shape index (κ1) is 17.0. The van der Waals surface area contributed by atoms with Crippen LogP contribution in [0.2, 0.25) is 0 Å². The van der Waals surface area contributed by atoms with Gasteiger partial charge < -0.3 is 15.0 Å². The van der Waals surface area contributed by atoms with Gasteiger partial charge in [-0.15, -0.1) is 0 Å². The lowest BCUT2D eigenvalue weighted by molar-refractivity contribution is 0.126. The Morgan fingerprint density at radius 2 is 2.00 bits per heavy atom. The van der Waals surface area contributed by atoms with E-state index in [1.54, 1.807) is 0 Å². The Labute approximate surface area is 147 Å². The van der Waals surface area contributed by atoms with Crippen molar-refractivity contribution in [3.05, 3.63) is 30.1 Å². The van der Waals surface area contributed by atoms with Crippen LogP contribution in [-0.2, 0) is 17.9 Å². The van der Waals surface area contributed by atoms with E-state index < -0.39 is 0 Å². The maximum absolute atomic E-state index is 6.17. The van der Waals surface area contributed by atoms with Gasteiger partial charge in [-0.2, -0.15) is 12.6 Å². The predicted molar refractivity (Wildman–Crippen MR) is 102 cm³/mol. The van der Waals surface area contributed by atoms with Crippen LogP contribution in [0.5, 0.6) is 0 Å². The second kappa shape index (κ2) is 7.85. The molecule has 3 rings (SSSR count). The van der Waals surface area contributed by atoms with Crippen molar-refractivity contribution >= 4 is 40.4 Å². The predicted octanol–water partition coefficient (Wildman–Crippen LogP) is 3.80. The number of ether oxygens (including phenoxy) is 1. The van der Waals surface area contributed by atoms with Gasteiger partial charge in [0, 0.05) is 18.5 Å². The van der Waals surface area contributed by atoms with Gasteiger partial charge >= 0.3 is 0 Å². The molecule has 0 atom stereocenters. The minimum Gasteiger partial charge on any atom is -0.382 e. The van der Waals surface area contributed by atoms with E-state index in [1.165, 1.54) is 0 Å². The first-order chi connectivity index (χ1) is 11.8. The number of hydrogen-bond acceptors (Lipinski definition) is 5. The molecule has 3 aromatic rings. The molecule has 0 spiro atoms. The highest BCUT2D eigenvalue weighted by atomic mass is 32.1. The molecule has 0 fully saturated rings. The van der Waals surface area contributed by atoms with Crippen molar-refractivity contribution < 1.29 is 4.74 Å². The van der Waals surface area contributed by atoms with Gasteiger partial charge in [0.15, 0.2) is 5.82 Å². The number of unbranched alkanes of at least 4 members (excludes halogenated alkanes) is 2. The van der Waals surface area contributed by atoms with Gasteiger partial charge in [0.1, 0.15) is 17.9 Å². The molecule has 2 N–H and O–H groups in total. The number of benzene rings is 1. The lowest BCUT2D eigenvalue weighted by Gasteiger charge is -2.11. The van der Waals surface area contributed by atoms with Crippen molar-refractivity contribution in [2.24, 2.45) is 0 Å². The molecule has 6 heteroatoms. The van der Waals surface area contributed by atoms with E-state index in [1.807, 2.05) is 25.1 Å². The van der Waals surface area contributed by atoms with Crippen LogP contribution in [0.25, 0.3) is 21.9 Å². The molecule has 5 nitrogen and oxygen atoms in total. The SMILES string of the molecule is CCOCc1nc2c(N)nc3ccccc3c2n1CCCCCS. The van der Waals surface area contributed by atoms with E-state index in [0.717, 1.165) is 59.3 Å². The molecule has 2 aromatic heterocycles. The lowest BCUT2D eigenvalue weighted by Crippen LogP contribution is -2.06. The maximum Gasteiger partial charge on any atom is 0.152 e. The molecule has 0 aliphatic rings. The summed E-state index contributed by atoms with van der Waals surface area (Å²) < 4.78 is 7.87. The van der Waals surface area contributed by atoms with Crippen LogP contribution in [-0.4, -0.2) is 26.9 Å². The Bertz CT molecular complexity index is 831. The van der Waals surface area contributed by atoms with Crippen LogP contribution in [0.15, 0.2) is 24.3 Å². The molecule has 0 radical (unpaired) electrons. The number of nitrogens with two attached hydrogens (primary N) is 1. The van der Waals surface area contributed by atoms with Gasteiger partial charge in [0.25, 0.3) is 0 Å². The molecule has 0 amide bonds. The number of nitrogens with zero attached hydrogens (tertiary/aromatic N) is 3. The first-order valence-corrected chi connectivity index (χ1v) is 9.11. The monoisotopic (exact) mass is 344 g/mol. The van der Waals surface area contributed by atoms with Crippen LogP contribution in [0, 0.1) is 0 Å². The third-order valence-electron chi connectivity index (χ3n) is 4.16. The number of thiol groups is 1. The number of nitrogen functional groups attached to an aromatic ring is 1. The van der Waals surface area contributed by atoms with Crippen LogP contribution >= 0.6 is 12.6 Å². The van der Waals surface area contributed by atoms with Crippen LogP contribution < -0.4 is 5.73 Å². The number of pyridine rings is 1. The first-order valence-electron chi connectivity index (χ1n) is 8.48. The minimum atomic E-state index is 0.482. The Hall–Kier alpha value is -1.79. The summed E-state index contributed by atoms with van der Waals surface area (Å²) in [5.41, 5.74) is 8.92. The molecule has 0 aliphatic heterocycles. The van der Waals surface area contributed by atoms with E-state index in [2.05, 4.69) is 28.2 Å². The molecule has 1 aromatic carbocycles. The van der Waals surface area contributed by atoms with Gasteiger partial charge in [-0.25, -0.2) is 9.97 Å². The number of para-hydroxylation sites is 1. The second-order valence-electron chi connectivity index (χ2n) is 5.81. The molecule has 0 bridgehead atoms. The molecule has 0 aliphatic carbocycles. The molecule has 0 saturated carbocycles. The zero-order valence-corrected chi connectivity index (χ0v) is 14.9. The summed E-state index contributed by atoms with van der Waals surface area (Å²) in [6.07, 6.45) is 3.36. The fraction of sp³-hybridized carbons (Fsp3) is 0.444. The van der Waals surface area contributed by atoms with Crippen molar-refractivity contribution in [1.29, 1.82) is 0 Å². The van der Waals surface area contributed by atoms with Crippen molar-refractivity contribution in [1.82, 2.24) is 14.5 Å². The minimum absolute atomic E-state index is 0.482. The van der Waals surface area contributed by atoms with Gasteiger partial charge in [-0.1, -0.05) is 24.6 Å². The third-order valence-corrected chi connectivity index (χ3v) is 4.48. The Morgan fingerprint density at radius 1 is 1.17 bits per heavy atom. The number of imidazole rings is 1. The van der Waals surface area contributed by atoms with Gasteiger partial charge in [-0.05, 0) is 31.6 Å². The smallest absolute Gasteiger partial charge is 0.152 e. The Morgan fingerprint density at radius 3 is 2.79 bits per heavy atom. The fourth-order valence-electron chi connectivity index (χ4n) is 3.01. The summed E-state index contributed by atoms with van der Waals surface area (Å²) in [4.78, 5) is 9.23. The van der Waals surface area contributed by atoms with Crippen molar-refractivity contribution in [2.75, 3.05) is 18.1 Å². The number of fused-ring (bicyclic) bond motifs is 3. The number of aryl methyl sites for hydroxylation is 1. The largest absolute Gasteiger partial charge is 0.382 e. The molecular weight excluding hydrogens is 320 g/mol. The number of anilines is 1. The van der Waals surface area contributed by atoms with Crippen molar-refractivity contribution in [2.45, 2.75) is 39.3 Å². The highest BCUT2D eigenvalue weighted by Crippen LogP contribution is 2.29. The average Bonchev–Trinajstić information content (AvgIpc) is 2.96.